The summed E-state index contributed by atoms with van der Waals surface area (Å²) in [5.41, 5.74) is 3.51. The zero-order chi connectivity index (χ0) is 13.0. The zero-order valence-corrected chi connectivity index (χ0v) is 10.3. The summed E-state index contributed by atoms with van der Waals surface area (Å²) < 4.78 is 0. The van der Waals surface area contributed by atoms with Crippen LogP contribution in [0.2, 0.25) is 0 Å². The number of aliphatic hydroxyl groups excluding tert-OH is 1. The highest BCUT2D eigenvalue weighted by Gasteiger charge is 2.10. The molecule has 18 heavy (non-hydrogen) atoms. The number of aliphatic hydroxyl groups is 1. The van der Waals surface area contributed by atoms with Crippen molar-refractivity contribution in [2.45, 2.75) is 19.4 Å². The fourth-order valence-electron chi connectivity index (χ4n) is 1.92. The summed E-state index contributed by atoms with van der Waals surface area (Å²) in [7, 11) is 0. The first-order chi connectivity index (χ1) is 8.74. The maximum atomic E-state index is 10.3. The minimum absolute atomic E-state index is 0.605. The molecule has 0 aliphatic heterocycles. The Morgan fingerprint density at radius 2 is 1.83 bits per heavy atom. The van der Waals surface area contributed by atoms with Crippen LogP contribution >= 0.6 is 0 Å². The van der Waals surface area contributed by atoms with Gasteiger partial charge in [0.15, 0.2) is 0 Å². The van der Waals surface area contributed by atoms with Crippen LogP contribution in [0.25, 0.3) is 0 Å². The molecule has 90 valence electrons. The third-order valence-corrected chi connectivity index (χ3v) is 3.03. The fraction of sp³-hybridized carbons (Fsp3) is 0.188. The van der Waals surface area contributed by atoms with Crippen LogP contribution in [0.1, 0.15) is 35.3 Å². The second-order valence-corrected chi connectivity index (χ2v) is 4.23. The number of hydrogen-bond donors (Lipinski definition) is 1. The lowest BCUT2D eigenvalue weighted by Crippen LogP contribution is -2.00. The Balaban J connectivity index is 2.29. The maximum Gasteiger partial charge on any atom is 0.104 e. The van der Waals surface area contributed by atoms with E-state index < -0.39 is 6.10 Å². The summed E-state index contributed by atoms with van der Waals surface area (Å²) in [5, 5.41) is 19.0. The van der Waals surface area contributed by atoms with E-state index in [0.29, 0.717) is 5.56 Å². The monoisotopic (exact) mass is 237 g/mol. The summed E-state index contributed by atoms with van der Waals surface area (Å²) in [6, 6.07) is 17.1. The predicted octanol–water partition coefficient (Wildman–Crippen LogP) is 3.20. The molecule has 1 unspecified atom stereocenters. The molecular weight excluding hydrogens is 222 g/mol. The lowest BCUT2D eigenvalue weighted by molar-refractivity contribution is 0.220. The molecule has 0 radical (unpaired) electrons. The van der Waals surface area contributed by atoms with Crippen LogP contribution in [0.3, 0.4) is 0 Å². The summed E-state index contributed by atoms with van der Waals surface area (Å²) in [6.07, 6.45) is 0.317. The SMILES string of the molecule is CCc1cccc(C(O)c2ccc(C#N)cc2)c1. The molecule has 0 saturated carbocycles. The molecule has 2 aromatic rings. The molecule has 0 bridgehead atoms. The number of hydrogen-bond acceptors (Lipinski definition) is 2. The topological polar surface area (TPSA) is 44.0 Å². The number of aryl methyl sites for hydroxylation is 1. The van der Waals surface area contributed by atoms with E-state index in [1.165, 1.54) is 5.56 Å². The van der Waals surface area contributed by atoms with Crippen molar-refractivity contribution in [2.75, 3.05) is 0 Å². The third-order valence-electron chi connectivity index (χ3n) is 3.03. The highest BCUT2D eigenvalue weighted by atomic mass is 16.3. The van der Waals surface area contributed by atoms with Crippen molar-refractivity contribution in [1.82, 2.24) is 0 Å². The van der Waals surface area contributed by atoms with Crippen molar-refractivity contribution >= 4 is 0 Å². The van der Waals surface area contributed by atoms with Gasteiger partial charge in [-0.1, -0.05) is 43.3 Å². The van der Waals surface area contributed by atoms with Gasteiger partial charge in [0.1, 0.15) is 6.10 Å². The van der Waals surface area contributed by atoms with Crippen LogP contribution in [0.15, 0.2) is 48.5 Å². The number of nitriles is 1. The van der Waals surface area contributed by atoms with Crippen LogP contribution in [0.5, 0.6) is 0 Å². The Labute approximate surface area is 107 Å². The first-order valence-electron chi connectivity index (χ1n) is 6.01. The van der Waals surface area contributed by atoms with Crippen molar-refractivity contribution in [2.24, 2.45) is 0 Å². The van der Waals surface area contributed by atoms with Crippen LogP contribution in [0, 0.1) is 11.3 Å². The van der Waals surface area contributed by atoms with Gasteiger partial charge in [0.2, 0.25) is 0 Å². The Morgan fingerprint density at radius 3 is 2.44 bits per heavy atom. The number of benzene rings is 2. The van der Waals surface area contributed by atoms with Crippen LogP contribution in [0.4, 0.5) is 0 Å². The van der Waals surface area contributed by atoms with Crippen LogP contribution in [-0.4, -0.2) is 5.11 Å². The van der Waals surface area contributed by atoms with E-state index in [-0.39, 0.29) is 0 Å². The number of rotatable bonds is 3. The molecule has 1 atom stereocenters. The van der Waals surface area contributed by atoms with E-state index in [2.05, 4.69) is 19.1 Å². The average molecular weight is 237 g/mol. The van der Waals surface area contributed by atoms with Crippen molar-refractivity contribution in [3.05, 3.63) is 70.8 Å². The molecule has 0 aromatic heterocycles. The van der Waals surface area contributed by atoms with E-state index in [9.17, 15) is 5.11 Å². The normalized spacial score (nSPS) is 11.8. The van der Waals surface area contributed by atoms with Gasteiger partial charge >= 0.3 is 0 Å². The Morgan fingerprint density at radius 1 is 1.11 bits per heavy atom. The van der Waals surface area contributed by atoms with Crippen molar-refractivity contribution in [3.8, 4) is 6.07 Å². The third kappa shape index (κ3) is 2.58. The van der Waals surface area contributed by atoms with Gasteiger partial charge in [-0.2, -0.15) is 5.26 Å². The molecule has 0 spiro atoms. The number of nitrogens with zero attached hydrogens (tertiary/aromatic N) is 1. The van der Waals surface area contributed by atoms with Gasteiger partial charge in [0.25, 0.3) is 0 Å². The Kier molecular flexibility index (Phi) is 3.76. The molecule has 0 aliphatic rings. The lowest BCUT2D eigenvalue weighted by atomic mass is 9.98. The fourth-order valence-corrected chi connectivity index (χ4v) is 1.92. The van der Waals surface area contributed by atoms with Gasteiger partial charge in [-0.15, -0.1) is 0 Å². The standard InChI is InChI=1S/C16H15NO/c1-2-12-4-3-5-15(10-12)16(18)14-8-6-13(11-17)7-9-14/h3-10,16,18H,2H2,1H3. The van der Waals surface area contributed by atoms with E-state index in [1.54, 1.807) is 24.3 Å². The van der Waals surface area contributed by atoms with Crippen molar-refractivity contribution in [1.29, 1.82) is 5.26 Å². The summed E-state index contributed by atoms with van der Waals surface area (Å²) in [6.45, 7) is 2.09. The molecular formula is C16H15NO. The summed E-state index contributed by atoms with van der Waals surface area (Å²) >= 11 is 0. The van der Waals surface area contributed by atoms with Gasteiger partial charge in [0.05, 0.1) is 11.6 Å². The van der Waals surface area contributed by atoms with Gasteiger partial charge in [-0.25, -0.2) is 0 Å². The van der Waals surface area contributed by atoms with Crippen molar-refractivity contribution in [3.63, 3.8) is 0 Å². The second kappa shape index (κ2) is 5.48. The van der Waals surface area contributed by atoms with E-state index >= 15 is 0 Å². The smallest absolute Gasteiger partial charge is 0.104 e. The first kappa shape index (κ1) is 12.3. The summed E-state index contributed by atoms with van der Waals surface area (Å²) in [4.78, 5) is 0. The minimum atomic E-state index is -0.635. The molecule has 2 heteroatoms. The van der Waals surface area contributed by atoms with Crippen molar-refractivity contribution < 1.29 is 5.11 Å². The Bertz CT molecular complexity index is 566. The molecule has 1 N–H and O–H groups in total. The van der Waals surface area contributed by atoms with Gasteiger partial charge < -0.3 is 5.11 Å². The molecule has 2 nitrogen and oxygen atoms in total. The van der Waals surface area contributed by atoms with E-state index in [0.717, 1.165) is 17.5 Å². The Hall–Kier alpha value is -2.11. The van der Waals surface area contributed by atoms with E-state index in [4.69, 9.17) is 5.26 Å². The van der Waals surface area contributed by atoms with Crippen LogP contribution < -0.4 is 0 Å². The van der Waals surface area contributed by atoms with Gasteiger partial charge in [0, 0.05) is 0 Å². The highest BCUT2D eigenvalue weighted by Crippen LogP contribution is 2.23. The molecule has 0 heterocycles. The molecule has 0 fully saturated rings. The summed E-state index contributed by atoms with van der Waals surface area (Å²) in [5.74, 6) is 0. The second-order valence-electron chi connectivity index (χ2n) is 4.23. The molecule has 0 saturated heterocycles. The largest absolute Gasteiger partial charge is 0.384 e. The maximum absolute atomic E-state index is 10.3. The van der Waals surface area contributed by atoms with Crippen LogP contribution in [-0.2, 0) is 6.42 Å². The minimum Gasteiger partial charge on any atom is -0.384 e. The lowest BCUT2D eigenvalue weighted by Gasteiger charge is -2.12. The molecule has 2 aromatic carbocycles. The molecule has 0 amide bonds. The average Bonchev–Trinajstić information content (AvgIpc) is 2.46. The quantitative estimate of drug-likeness (QED) is 0.890. The zero-order valence-electron chi connectivity index (χ0n) is 10.3. The first-order valence-corrected chi connectivity index (χ1v) is 6.01. The molecule has 2 rings (SSSR count). The molecule has 0 aliphatic carbocycles. The van der Waals surface area contributed by atoms with E-state index in [1.807, 2.05) is 18.2 Å². The van der Waals surface area contributed by atoms with Gasteiger partial charge in [-0.3, -0.25) is 0 Å². The van der Waals surface area contributed by atoms with Gasteiger partial charge in [-0.05, 0) is 35.2 Å². The predicted molar refractivity (Wildman–Crippen MR) is 71.0 cm³/mol. The highest BCUT2D eigenvalue weighted by molar-refractivity contribution is 5.37.